The smallest absolute Gasteiger partial charge is 0.318 e. The fourth-order valence-corrected chi connectivity index (χ4v) is 4.30. The Hall–Kier alpha value is -2.06. The predicted molar refractivity (Wildman–Crippen MR) is 97.9 cm³/mol. The molecule has 2 amide bonds. The van der Waals surface area contributed by atoms with Gasteiger partial charge in [-0.05, 0) is 52.1 Å². The molecule has 134 valence electrons. The zero-order valence-corrected chi connectivity index (χ0v) is 15.4. The molecule has 5 nitrogen and oxygen atoms in total. The van der Waals surface area contributed by atoms with Gasteiger partial charge in [-0.25, -0.2) is 4.79 Å². The molecule has 0 unspecified atom stereocenters. The molecule has 25 heavy (non-hydrogen) atoms. The molecule has 1 spiro atoms. The molecule has 0 atom stereocenters. The summed E-state index contributed by atoms with van der Waals surface area (Å²) in [5, 5.41) is 16.0. The van der Waals surface area contributed by atoms with Crippen molar-refractivity contribution in [2.45, 2.75) is 50.6 Å². The number of urea groups is 1. The fourth-order valence-electron chi connectivity index (χ4n) is 4.30. The summed E-state index contributed by atoms with van der Waals surface area (Å²) in [7, 11) is 2.03. The standard InChI is InChI=1S/C20H28N4O/c1-18(2,13-21)14-24-15-19(23-17(24)25)9-11-20(22-3,12-10-19)16-7-5-4-6-8-16/h4-8,22H,9-12,14-15H2,1-3H3,(H,23,25)/t19-,20+. The molecular weight excluding hydrogens is 312 g/mol. The highest BCUT2D eigenvalue weighted by Gasteiger charge is 2.49. The molecule has 1 aliphatic carbocycles. The van der Waals surface area contributed by atoms with E-state index in [9.17, 15) is 10.1 Å². The molecule has 3 rings (SSSR count). The number of nitriles is 1. The van der Waals surface area contributed by atoms with Gasteiger partial charge < -0.3 is 15.5 Å². The van der Waals surface area contributed by atoms with E-state index in [-0.39, 0.29) is 17.1 Å². The SMILES string of the molecule is CN[C@]1(c2ccccc2)CC[C@]2(CC1)CN(CC(C)(C)C#N)C(=O)N2. The minimum absolute atomic E-state index is 0.0173. The number of hydrogen-bond donors (Lipinski definition) is 2. The zero-order chi connectivity index (χ0) is 18.1. The van der Waals surface area contributed by atoms with Gasteiger partial charge in [-0.3, -0.25) is 0 Å². The largest absolute Gasteiger partial charge is 0.331 e. The Labute approximate surface area is 150 Å². The molecule has 0 radical (unpaired) electrons. The van der Waals surface area contributed by atoms with Gasteiger partial charge in [-0.1, -0.05) is 30.3 Å². The third kappa shape index (κ3) is 3.36. The Morgan fingerprint density at radius 2 is 1.88 bits per heavy atom. The lowest BCUT2D eigenvalue weighted by Gasteiger charge is -2.45. The van der Waals surface area contributed by atoms with Gasteiger partial charge in [0.25, 0.3) is 0 Å². The van der Waals surface area contributed by atoms with Gasteiger partial charge in [0.05, 0.1) is 17.0 Å². The summed E-state index contributed by atoms with van der Waals surface area (Å²) >= 11 is 0. The van der Waals surface area contributed by atoms with E-state index in [4.69, 9.17) is 0 Å². The second kappa shape index (κ2) is 6.34. The number of hydrogen-bond acceptors (Lipinski definition) is 3. The van der Waals surface area contributed by atoms with Crippen molar-refractivity contribution in [1.82, 2.24) is 15.5 Å². The second-order valence-corrected chi connectivity index (χ2v) is 8.26. The Morgan fingerprint density at radius 1 is 1.24 bits per heavy atom. The molecular formula is C20H28N4O. The van der Waals surface area contributed by atoms with Crippen molar-refractivity contribution >= 4 is 6.03 Å². The molecule has 2 fully saturated rings. The van der Waals surface area contributed by atoms with E-state index in [0.29, 0.717) is 13.1 Å². The molecule has 0 bridgehead atoms. The molecule has 1 saturated heterocycles. The van der Waals surface area contributed by atoms with Gasteiger partial charge in [-0.15, -0.1) is 0 Å². The van der Waals surface area contributed by atoms with Crippen LogP contribution in [-0.2, 0) is 5.54 Å². The summed E-state index contributed by atoms with van der Waals surface area (Å²) in [6.45, 7) is 4.94. The molecule has 0 aromatic heterocycles. The van der Waals surface area contributed by atoms with E-state index >= 15 is 0 Å². The van der Waals surface area contributed by atoms with Crippen LogP contribution >= 0.6 is 0 Å². The minimum Gasteiger partial charge on any atom is -0.331 e. The molecule has 1 aromatic carbocycles. The maximum atomic E-state index is 12.4. The van der Waals surface area contributed by atoms with Crippen LogP contribution in [0.5, 0.6) is 0 Å². The molecule has 1 aliphatic heterocycles. The van der Waals surface area contributed by atoms with Crippen LogP contribution in [0.3, 0.4) is 0 Å². The average molecular weight is 340 g/mol. The molecule has 1 aromatic rings. The molecule has 2 N–H and O–H groups in total. The molecule has 2 aliphatic rings. The molecule has 1 saturated carbocycles. The number of nitrogens with zero attached hydrogens (tertiary/aromatic N) is 2. The number of carbonyl (C=O) groups excluding carboxylic acids is 1. The van der Waals surface area contributed by atoms with E-state index < -0.39 is 5.41 Å². The van der Waals surface area contributed by atoms with E-state index in [0.717, 1.165) is 25.7 Å². The maximum Gasteiger partial charge on any atom is 0.318 e. The van der Waals surface area contributed by atoms with Crippen molar-refractivity contribution in [2.24, 2.45) is 5.41 Å². The van der Waals surface area contributed by atoms with Crippen molar-refractivity contribution in [3.63, 3.8) is 0 Å². The summed E-state index contributed by atoms with van der Waals surface area (Å²) in [5.41, 5.74) is 0.629. The van der Waals surface area contributed by atoms with Crippen molar-refractivity contribution in [3.05, 3.63) is 35.9 Å². The van der Waals surface area contributed by atoms with Crippen LogP contribution in [0, 0.1) is 16.7 Å². The minimum atomic E-state index is -0.518. The Kier molecular flexibility index (Phi) is 4.51. The highest BCUT2D eigenvalue weighted by molar-refractivity contribution is 5.78. The highest BCUT2D eigenvalue weighted by Crippen LogP contribution is 2.43. The van der Waals surface area contributed by atoms with Gasteiger partial charge in [0.15, 0.2) is 0 Å². The lowest BCUT2D eigenvalue weighted by atomic mass is 9.69. The van der Waals surface area contributed by atoms with Gasteiger partial charge in [-0.2, -0.15) is 5.26 Å². The van der Waals surface area contributed by atoms with Gasteiger partial charge >= 0.3 is 6.03 Å². The second-order valence-electron chi connectivity index (χ2n) is 8.26. The number of nitrogens with one attached hydrogen (secondary N) is 2. The van der Waals surface area contributed by atoms with Gasteiger partial charge in [0.1, 0.15) is 0 Å². The van der Waals surface area contributed by atoms with Crippen LogP contribution in [0.1, 0.15) is 45.1 Å². The third-order valence-electron chi connectivity index (χ3n) is 5.91. The van der Waals surface area contributed by atoms with Crippen LogP contribution in [0.2, 0.25) is 0 Å². The maximum absolute atomic E-state index is 12.4. The monoisotopic (exact) mass is 340 g/mol. The van der Waals surface area contributed by atoms with E-state index in [2.05, 4.69) is 41.0 Å². The van der Waals surface area contributed by atoms with Crippen molar-refractivity contribution in [1.29, 1.82) is 5.26 Å². The van der Waals surface area contributed by atoms with E-state index in [1.807, 2.05) is 31.9 Å². The van der Waals surface area contributed by atoms with E-state index in [1.54, 1.807) is 0 Å². The summed E-state index contributed by atoms with van der Waals surface area (Å²) in [6.07, 6.45) is 3.86. The van der Waals surface area contributed by atoms with E-state index in [1.165, 1.54) is 5.56 Å². The van der Waals surface area contributed by atoms with Gasteiger partial charge in [0, 0.05) is 18.6 Å². The predicted octanol–water partition coefficient (Wildman–Crippen LogP) is 2.99. The summed E-state index contributed by atoms with van der Waals surface area (Å²) in [5.74, 6) is 0. The Morgan fingerprint density at radius 3 is 2.44 bits per heavy atom. The Bertz CT molecular complexity index is 669. The normalized spacial score (nSPS) is 29.5. The quantitative estimate of drug-likeness (QED) is 0.885. The van der Waals surface area contributed by atoms with Crippen LogP contribution in [-0.4, -0.2) is 36.6 Å². The topological polar surface area (TPSA) is 68.2 Å². The molecule has 1 heterocycles. The summed E-state index contributed by atoms with van der Waals surface area (Å²) in [6, 6.07) is 12.8. The van der Waals surface area contributed by atoms with Crippen LogP contribution < -0.4 is 10.6 Å². The average Bonchev–Trinajstić information content (AvgIpc) is 2.91. The summed E-state index contributed by atoms with van der Waals surface area (Å²) < 4.78 is 0. The number of benzene rings is 1. The molecule has 5 heteroatoms. The lowest BCUT2D eigenvalue weighted by Crippen LogP contribution is -2.53. The fraction of sp³-hybridized carbons (Fsp3) is 0.600. The van der Waals surface area contributed by atoms with Crippen molar-refractivity contribution in [3.8, 4) is 6.07 Å². The first kappa shape index (κ1) is 17.8. The van der Waals surface area contributed by atoms with Crippen LogP contribution in [0.4, 0.5) is 4.79 Å². The van der Waals surface area contributed by atoms with Crippen LogP contribution in [0.25, 0.3) is 0 Å². The number of amides is 2. The Balaban J connectivity index is 1.72. The lowest BCUT2D eigenvalue weighted by molar-refractivity contribution is 0.154. The first-order valence-corrected chi connectivity index (χ1v) is 9.07. The van der Waals surface area contributed by atoms with Gasteiger partial charge in [0.2, 0.25) is 0 Å². The van der Waals surface area contributed by atoms with Crippen molar-refractivity contribution < 1.29 is 4.79 Å². The highest BCUT2D eigenvalue weighted by atomic mass is 16.2. The van der Waals surface area contributed by atoms with Crippen LogP contribution in [0.15, 0.2) is 30.3 Å². The number of rotatable bonds is 4. The third-order valence-corrected chi connectivity index (χ3v) is 5.91. The first-order chi connectivity index (χ1) is 11.8. The first-order valence-electron chi connectivity index (χ1n) is 9.07. The number of carbonyl (C=O) groups is 1. The van der Waals surface area contributed by atoms with Crippen molar-refractivity contribution in [2.75, 3.05) is 20.1 Å². The zero-order valence-electron chi connectivity index (χ0n) is 15.4. The summed E-state index contributed by atoms with van der Waals surface area (Å²) in [4.78, 5) is 14.2.